The van der Waals surface area contributed by atoms with E-state index < -0.39 is 0 Å². The lowest BCUT2D eigenvalue weighted by atomic mass is 9.96. The Bertz CT molecular complexity index is 162. The van der Waals surface area contributed by atoms with Crippen molar-refractivity contribution in [2.75, 3.05) is 13.1 Å². The van der Waals surface area contributed by atoms with E-state index in [0.29, 0.717) is 6.04 Å². The van der Waals surface area contributed by atoms with Gasteiger partial charge in [-0.2, -0.15) is 0 Å². The van der Waals surface area contributed by atoms with Gasteiger partial charge in [-0.25, -0.2) is 0 Å². The number of likely N-dealkylation sites (tertiary alicyclic amines) is 1. The molecule has 1 aliphatic heterocycles. The van der Waals surface area contributed by atoms with E-state index in [2.05, 4.69) is 4.90 Å². The standard InChI is InChI=1S/C12H24N2/c13-11-8-9-14(10-11)12-6-4-2-1-3-5-7-12/h11-12H,1-10,13H2. The second-order valence-electron chi connectivity index (χ2n) is 5.04. The van der Waals surface area contributed by atoms with Crippen LogP contribution in [-0.4, -0.2) is 30.1 Å². The fraction of sp³-hybridized carbons (Fsp3) is 1.00. The highest BCUT2D eigenvalue weighted by molar-refractivity contribution is 4.83. The summed E-state index contributed by atoms with van der Waals surface area (Å²) < 4.78 is 0. The van der Waals surface area contributed by atoms with Crippen molar-refractivity contribution >= 4 is 0 Å². The first-order valence-electron chi connectivity index (χ1n) is 6.36. The lowest BCUT2D eigenvalue weighted by molar-refractivity contribution is 0.201. The zero-order valence-electron chi connectivity index (χ0n) is 9.25. The fourth-order valence-electron chi connectivity index (χ4n) is 2.95. The molecule has 0 amide bonds. The third kappa shape index (κ3) is 2.71. The monoisotopic (exact) mass is 196 g/mol. The Morgan fingerprint density at radius 3 is 2.07 bits per heavy atom. The molecule has 14 heavy (non-hydrogen) atoms. The molecule has 2 aliphatic rings. The van der Waals surface area contributed by atoms with E-state index in [1.54, 1.807) is 0 Å². The van der Waals surface area contributed by atoms with Crippen LogP contribution >= 0.6 is 0 Å². The first kappa shape index (κ1) is 10.4. The van der Waals surface area contributed by atoms with Crippen LogP contribution in [0.15, 0.2) is 0 Å². The molecule has 1 aliphatic carbocycles. The Balaban J connectivity index is 1.81. The maximum atomic E-state index is 5.96. The Kier molecular flexibility index (Phi) is 3.82. The van der Waals surface area contributed by atoms with Crippen LogP contribution in [0.5, 0.6) is 0 Å². The number of hydrogen-bond donors (Lipinski definition) is 1. The zero-order chi connectivity index (χ0) is 9.80. The van der Waals surface area contributed by atoms with Gasteiger partial charge in [0.05, 0.1) is 0 Å². The van der Waals surface area contributed by atoms with Gasteiger partial charge in [0.25, 0.3) is 0 Å². The zero-order valence-corrected chi connectivity index (χ0v) is 9.25. The van der Waals surface area contributed by atoms with Gasteiger partial charge in [-0.05, 0) is 19.3 Å². The molecule has 1 unspecified atom stereocenters. The molecule has 2 rings (SSSR count). The topological polar surface area (TPSA) is 29.3 Å². The van der Waals surface area contributed by atoms with Crippen molar-refractivity contribution in [3.05, 3.63) is 0 Å². The summed E-state index contributed by atoms with van der Waals surface area (Å²) in [6, 6.07) is 1.32. The summed E-state index contributed by atoms with van der Waals surface area (Å²) in [7, 11) is 0. The van der Waals surface area contributed by atoms with Gasteiger partial charge in [0.1, 0.15) is 0 Å². The average molecular weight is 196 g/mol. The lowest BCUT2D eigenvalue weighted by Crippen LogP contribution is -2.35. The predicted molar refractivity (Wildman–Crippen MR) is 60.3 cm³/mol. The molecule has 1 saturated heterocycles. The third-order valence-corrected chi connectivity index (χ3v) is 3.85. The van der Waals surface area contributed by atoms with Gasteiger partial charge in [-0.1, -0.05) is 32.1 Å². The summed E-state index contributed by atoms with van der Waals surface area (Å²) in [5.74, 6) is 0. The molecule has 0 aromatic heterocycles. The molecule has 0 bridgehead atoms. The van der Waals surface area contributed by atoms with Crippen LogP contribution in [0.25, 0.3) is 0 Å². The molecule has 0 aromatic rings. The van der Waals surface area contributed by atoms with Crippen molar-refractivity contribution in [1.29, 1.82) is 0 Å². The second kappa shape index (κ2) is 5.13. The van der Waals surface area contributed by atoms with Crippen molar-refractivity contribution < 1.29 is 0 Å². The fourth-order valence-corrected chi connectivity index (χ4v) is 2.95. The molecule has 1 saturated carbocycles. The maximum Gasteiger partial charge on any atom is 0.0180 e. The van der Waals surface area contributed by atoms with E-state index in [4.69, 9.17) is 5.73 Å². The van der Waals surface area contributed by atoms with Crippen molar-refractivity contribution in [2.45, 2.75) is 63.5 Å². The smallest absolute Gasteiger partial charge is 0.0180 e. The molecule has 2 heteroatoms. The lowest BCUT2D eigenvalue weighted by Gasteiger charge is -2.29. The average Bonchev–Trinajstić information content (AvgIpc) is 2.51. The SMILES string of the molecule is NC1CCN(C2CCCCCCC2)C1. The molecule has 82 valence electrons. The van der Waals surface area contributed by atoms with E-state index in [0.717, 1.165) is 12.6 Å². The minimum Gasteiger partial charge on any atom is -0.326 e. The summed E-state index contributed by atoms with van der Waals surface area (Å²) >= 11 is 0. The van der Waals surface area contributed by atoms with E-state index >= 15 is 0 Å². The predicted octanol–water partition coefficient (Wildman–Crippen LogP) is 2.13. The number of nitrogens with zero attached hydrogens (tertiary/aromatic N) is 1. The van der Waals surface area contributed by atoms with Crippen LogP contribution in [0, 0.1) is 0 Å². The Labute approximate surface area is 87.8 Å². The van der Waals surface area contributed by atoms with Gasteiger partial charge in [0.2, 0.25) is 0 Å². The van der Waals surface area contributed by atoms with Gasteiger partial charge in [0, 0.05) is 25.2 Å². The van der Waals surface area contributed by atoms with Crippen LogP contribution in [0.1, 0.15) is 51.4 Å². The quantitative estimate of drug-likeness (QED) is 0.696. The van der Waals surface area contributed by atoms with Crippen molar-refractivity contribution in [3.8, 4) is 0 Å². The molecule has 0 radical (unpaired) electrons. The van der Waals surface area contributed by atoms with Crippen molar-refractivity contribution in [3.63, 3.8) is 0 Å². The van der Waals surface area contributed by atoms with Crippen LogP contribution in [0.3, 0.4) is 0 Å². The Morgan fingerprint density at radius 2 is 1.50 bits per heavy atom. The van der Waals surface area contributed by atoms with E-state index in [1.807, 2.05) is 0 Å². The van der Waals surface area contributed by atoms with Gasteiger partial charge in [-0.15, -0.1) is 0 Å². The summed E-state index contributed by atoms with van der Waals surface area (Å²) in [5.41, 5.74) is 5.96. The normalized spacial score (nSPS) is 32.8. The van der Waals surface area contributed by atoms with E-state index in [1.165, 1.54) is 57.9 Å². The Morgan fingerprint density at radius 1 is 0.857 bits per heavy atom. The number of rotatable bonds is 1. The van der Waals surface area contributed by atoms with Crippen LogP contribution in [0.4, 0.5) is 0 Å². The first-order chi connectivity index (χ1) is 6.86. The van der Waals surface area contributed by atoms with Crippen LogP contribution < -0.4 is 5.73 Å². The molecular weight excluding hydrogens is 172 g/mol. The van der Waals surface area contributed by atoms with Gasteiger partial charge >= 0.3 is 0 Å². The second-order valence-corrected chi connectivity index (χ2v) is 5.04. The minimum absolute atomic E-state index is 0.459. The highest BCUT2D eigenvalue weighted by Crippen LogP contribution is 2.23. The minimum atomic E-state index is 0.459. The van der Waals surface area contributed by atoms with E-state index in [-0.39, 0.29) is 0 Å². The molecule has 2 fully saturated rings. The molecular formula is C12H24N2. The summed E-state index contributed by atoms with van der Waals surface area (Å²) in [6.07, 6.45) is 11.3. The van der Waals surface area contributed by atoms with Crippen molar-refractivity contribution in [2.24, 2.45) is 5.73 Å². The molecule has 0 spiro atoms. The molecule has 1 atom stereocenters. The molecule has 1 heterocycles. The number of nitrogens with two attached hydrogens (primary N) is 1. The highest BCUT2D eigenvalue weighted by Gasteiger charge is 2.25. The van der Waals surface area contributed by atoms with Crippen LogP contribution in [-0.2, 0) is 0 Å². The summed E-state index contributed by atoms with van der Waals surface area (Å²) in [6.45, 7) is 2.41. The van der Waals surface area contributed by atoms with Gasteiger partial charge in [-0.3, -0.25) is 4.90 Å². The van der Waals surface area contributed by atoms with Gasteiger partial charge < -0.3 is 5.73 Å². The molecule has 2 N–H and O–H groups in total. The molecule has 2 nitrogen and oxygen atoms in total. The largest absolute Gasteiger partial charge is 0.326 e. The van der Waals surface area contributed by atoms with Crippen LogP contribution in [0.2, 0.25) is 0 Å². The first-order valence-corrected chi connectivity index (χ1v) is 6.36. The third-order valence-electron chi connectivity index (χ3n) is 3.85. The van der Waals surface area contributed by atoms with Gasteiger partial charge in [0.15, 0.2) is 0 Å². The maximum absolute atomic E-state index is 5.96. The Hall–Kier alpha value is -0.0800. The van der Waals surface area contributed by atoms with E-state index in [9.17, 15) is 0 Å². The molecule has 0 aromatic carbocycles. The number of hydrogen-bond acceptors (Lipinski definition) is 2. The highest BCUT2D eigenvalue weighted by atomic mass is 15.2. The summed E-state index contributed by atoms with van der Waals surface area (Å²) in [4.78, 5) is 2.65. The van der Waals surface area contributed by atoms with Crippen molar-refractivity contribution in [1.82, 2.24) is 4.90 Å². The summed E-state index contributed by atoms with van der Waals surface area (Å²) in [5, 5.41) is 0.